The van der Waals surface area contributed by atoms with E-state index in [-0.39, 0.29) is 0 Å². The van der Waals surface area contributed by atoms with E-state index in [0.717, 1.165) is 38.2 Å². The fourth-order valence-corrected chi connectivity index (χ4v) is 5.20. The van der Waals surface area contributed by atoms with Crippen LogP contribution in [0.25, 0.3) is 0 Å². The number of nitrogens with zero attached hydrogens (tertiary/aromatic N) is 4. The van der Waals surface area contributed by atoms with Gasteiger partial charge in [0.25, 0.3) is 0 Å². The number of benzene rings is 1. The molecular weight excluding hydrogens is 384 g/mol. The second-order valence-corrected chi connectivity index (χ2v) is 9.65. The van der Waals surface area contributed by atoms with Crippen molar-refractivity contribution < 1.29 is 0 Å². The minimum Gasteiger partial charge on any atom is -0.357 e. The molecule has 1 aromatic rings. The molecule has 172 valence electrons. The monoisotopic (exact) mass is 426 g/mol. The predicted molar refractivity (Wildman–Crippen MR) is 129 cm³/mol. The minimum atomic E-state index is 0.518. The number of likely N-dealkylation sites (tertiary alicyclic amines) is 1. The van der Waals surface area contributed by atoms with E-state index in [1.165, 1.54) is 76.0 Å². The highest BCUT2D eigenvalue weighted by Gasteiger charge is 2.30. The Hall–Kier alpha value is -1.63. The van der Waals surface area contributed by atoms with E-state index in [4.69, 9.17) is 4.99 Å². The van der Waals surface area contributed by atoms with Gasteiger partial charge in [-0.1, -0.05) is 37.1 Å². The van der Waals surface area contributed by atoms with E-state index in [1.54, 1.807) is 0 Å². The third-order valence-corrected chi connectivity index (χ3v) is 7.19. The third-order valence-electron chi connectivity index (χ3n) is 7.19. The summed E-state index contributed by atoms with van der Waals surface area (Å²) in [5, 5.41) is 7.14. The molecule has 0 aromatic heterocycles. The van der Waals surface area contributed by atoms with Crippen LogP contribution in [0, 0.1) is 0 Å². The molecule has 6 nitrogen and oxygen atoms in total. The van der Waals surface area contributed by atoms with Gasteiger partial charge in [-0.25, -0.2) is 4.99 Å². The average molecular weight is 427 g/mol. The van der Waals surface area contributed by atoms with Crippen LogP contribution in [-0.2, 0) is 13.1 Å². The van der Waals surface area contributed by atoms with E-state index in [9.17, 15) is 0 Å². The summed E-state index contributed by atoms with van der Waals surface area (Å²) in [5.74, 6) is 0.960. The van der Waals surface area contributed by atoms with Gasteiger partial charge in [-0.15, -0.1) is 0 Å². The highest BCUT2D eigenvalue weighted by Crippen LogP contribution is 2.26. The van der Waals surface area contributed by atoms with Crippen LogP contribution in [0.3, 0.4) is 0 Å². The number of piperazine rings is 1. The fourth-order valence-electron chi connectivity index (χ4n) is 5.20. The van der Waals surface area contributed by atoms with Gasteiger partial charge in [0.1, 0.15) is 0 Å². The molecule has 6 heteroatoms. The molecule has 0 bridgehead atoms. The largest absolute Gasteiger partial charge is 0.357 e. The normalized spacial score (nSPS) is 24.7. The van der Waals surface area contributed by atoms with Crippen LogP contribution < -0.4 is 10.6 Å². The maximum atomic E-state index is 4.88. The number of aliphatic imine (C=N–C) groups is 1. The molecule has 0 spiro atoms. The van der Waals surface area contributed by atoms with Gasteiger partial charge in [0.05, 0.1) is 6.54 Å². The summed E-state index contributed by atoms with van der Waals surface area (Å²) in [4.78, 5) is 12.5. The summed E-state index contributed by atoms with van der Waals surface area (Å²) >= 11 is 0. The topological polar surface area (TPSA) is 46.1 Å². The Kier molecular flexibility index (Phi) is 8.22. The molecular formula is C25H42N6. The highest BCUT2D eigenvalue weighted by molar-refractivity contribution is 5.80. The van der Waals surface area contributed by atoms with Gasteiger partial charge in [0, 0.05) is 64.4 Å². The van der Waals surface area contributed by atoms with Gasteiger partial charge >= 0.3 is 0 Å². The Labute approximate surface area is 189 Å². The zero-order chi connectivity index (χ0) is 21.5. The average Bonchev–Trinajstić information content (AvgIpc) is 3.47. The Morgan fingerprint density at radius 1 is 0.968 bits per heavy atom. The van der Waals surface area contributed by atoms with E-state index in [1.807, 2.05) is 0 Å². The first-order valence-corrected chi connectivity index (χ1v) is 12.5. The maximum absolute atomic E-state index is 4.88. The van der Waals surface area contributed by atoms with Gasteiger partial charge in [0.15, 0.2) is 5.96 Å². The predicted octanol–water partition coefficient (Wildman–Crippen LogP) is 2.51. The minimum absolute atomic E-state index is 0.518. The molecule has 31 heavy (non-hydrogen) atoms. The zero-order valence-corrected chi connectivity index (χ0v) is 19.7. The molecule has 0 amide bonds. The second kappa shape index (κ2) is 11.3. The van der Waals surface area contributed by atoms with Crippen LogP contribution >= 0.6 is 0 Å². The summed E-state index contributed by atoms with van der Waals surface area (Å²) in [6, 6.07) is 10.4. The van der Waals surface area contributed by atoms with Crippen molar-refractivity contribution in [2.75, 3.05) is 52.9 Å². The van der Waals surface area contributed by atoms with Crippen molar-refractivity contribution in [2.45, 2.75) is 64.2 Å². The van der Waals surface area contributed by atoms with E-state index < -0.39 is 0 Å². The van der Waals surface area contributed by atoms with Crippen LogP contribution in [0.1, 0.15) is 50.2 Å². The van der Waals surface area contributed by atoms with Crippen molar-refractivity contribution in [1.29, 1.82) is 0 Å². The summed E-state index contributed by atoms with van der Waals surface area (Å²) in [5.41, 5.74) is 2.68. The first-order valence-electron chi connectivity index (χ1n) is 12.5. The number of hydrogen-bond acceptors (Lipinski definition) is 4. The molecule has 0 radical (unpaired) electrons. The van der Waals surface area contributed by atoms with Gasteiger partial charge in [-0.3, -0.25) is 9.80 Å². The molecule has 1 aromatic carbocycles. The lowest BCUT2D eigenvalue weighted by molar-refractivity contribution is 0.148. The van der Waals surface area contributed by atoms with Gasteiger partial charge < -0.3 is 15.5 Å². The smallest absolute Gasteiger partial charge is 0.191 e. The van der Waals surface area contributed by atoms with Gasteiger partial charge in [0.2, 0.25) is 0 Å². The molecule has 2 heterocycles. The number of nitrogens with one attached hydrogen (secondary N) is 2. The zero-order valence-electron chi connectivity index (χ0n) is 19.7. The van der Waals surface area contributed by atoms with Crippen molar-refractivity contribution in [2.24, 2.45) is 4.99 Å². The first kappa shape index (κ1) is 22.6. The highest BCUT2D eigenvalue weighted by atomic mass is 15.3. The number of likely N-dealkylation sites (N-methyl/N-ethyl adjacent to an activating group) is 1. The Balaban J connectivity index is 1.26. The van der Waals surface area contributed by atoms with Crippen LogP contribution in [0.5, 0.6) is 0 Å². The number of guanidine groups is 1. The molecule has 3 fully saturated rings. The van der Waals surface area contributed by atoms with Gasteiger partial charge in [-0.05, 0) is 44.4 Å². The van der Waals surface area contributed by atoms with Crippen molar-refractivity contribution in [3.63, 3.8) is 0 Å². The third kappa shape index (κ3) is 6.67. The van der Waals surface area contributed by atoms with Crippen molar-refractivity contribution in [1.82, 2.24) is 25.3 Å². The molecule has 2 saturated heterocycles. The van der Waals surface area contributed by atoms with Crippen LogP contribution in [-0.4, -0.2) is 85.6 Å². The standard InChI is InChI=1S/C25H42N6/c1-3-26-25(28-23-12-13-31(20-23)24-6-4-5-7-24)27-18-21-8-10-22(11-9-21)19-30-16-14-29(2)15-17-30/h8-11,23-24H,3-7,12-20H2,1-2H3,(H2,26,27,28). The lowest BCUT2D eigenvalue weighted by Crippen LogP contribution is -2.45. The second-order valence-electron chi connectivity index (χ2n) is 9.65. The molecule has 1 saturated carbocycles. The summed E-state index contributed by atoms with van der Waals surface area (Å²) in [6.45, 7) is 11.9. The molecule has 3 aliphatic rings. The maximum Gasteiger partial charge on any atom is 0.191 e. The molecule has 1 atom stereocenters. The van der Waals surface area contributed by atoms with Crippen molar-refractivity contribution in [3.8, 4) is 0 Å². The fraction of sp³-hybridized carbons (Fsp3) is 0.720. The van der Waals surface area contributed by atoms with Gasteiger partial charge in [-0.2, -0.15) is 0 Å². The SMILES string of the molecule is CCNC(=NCc1ccc(CN2CCN(C)CC2)cc1)NC1CCN(C2CCCC2)C1. The van der Waals surface area contributed by atoms with Crippen LogP contribution in [0.15, 0.2) is 29.3 Å². The van der Waals surface area contributed by atoms with E-state index >= 15 is 0 Å². The molecule has 1 aliphatic carbocycles. The lowest BCUT2D eigenvalue weighted by Gasteiger charge is -2.32. The van der Waals surface area contributed by atoms with Crippen LogP contribution in [0.4, 0.5) is 0 Å². The Morgan fingerprint density at radius 3 is 2.39 bits per heavy atom. The first-order chi connectivity index (χ1) is 15.2. The quantitative estimate of drug-likeness (QED) is 0.518. The number of hydrogen-bond donors (Lipinski definition) is 2. The molecule has 2 aliphatic heterocycles. The van der Waals surface area contributed by atoms with Crippen molar-refractivity contribution >= 4 is 5.96 Å². The molecule has 1 unspecified atom stereocenters. The molecule has 4 rings (SSSR count). The lowest BCUT2D eigenvalue weighted by atomic mass is 10.1. The summed E-state index contributed by atoms with van der Waals surface area (Å²) in [6.07, 6.45) is 6.84. The molecule has 2 N–H and O–H groups in total. The van der Waals surface area contributed by atoms with Crippen LogP contribution in [0.2, 0.25) is 0 Å². The Morgan fingerprint density at radius 2 is 1.68 bits per heavy atom. The summed E-state index contributed by atoms with van der Waals surface area (Å²) < 4.78 is 0. The Bertz CT molecular complexity index is 688. The summed E-state index contributed by atoms with van der Waals surface area (Å²) in [7, 11) is 2.21. The van der Waals surface area contributed by atoms with E-state index in [2.05, 4.69) is 63.6 Å². The number of rotatable bonds is 7. The van der Waals surface area contributed by atoms with Crippen molar-refractivity contribution in [3.05, 3.63) is 35.4 Å². The van der Waals surface area contributed by atoms with E-state index in [0.29, 0.717) is 6.04 Å².